The van der Waals surface area contributed by atoms with Crippen LogP contribution in [-0.2, 0) is 11.3 Å². The van der Waals surface area contributed by atoms with Crippen LogP contribution in [0.4, 0.5) is 0 Å². The van der Waals surface area contributed by atoms with Gasteiger partial charge in [-0.1, -0.05) is 30.3 Å². The highest BCUT2D eigenvalue weighted by Crippen LogP contribution is 2.21. The molecule has 1 N–H and O–H groups in total. The molecule has 0 amide bonds. The minimum atomic E-state index is 0.378. The number of nitrogens with one attached hydrogen (secondary N) is 1. The smallest absolute Gasteiger partial charge is 0.134 e. The molecule has 2 heterocycles. The molecule has 1 aromatic heterocycles. The van der Waals surface area contributed by atoms with Gasteiger partial charge in [0.15, 0.2) is 0 Å². The Labute approximate surface area is 113 Å². The van der Waals surface area contributed by atoms with Crippen LogP contribution in [-0.4, -0.2) is 19.3 Å². The molecule has 0 radical (unpaired) electrons. The highest BCUT2D eigenvalue weighted by molar-refractivity contribution is 5.57. The van der Waals surface area contributed by atoms with Crippen molar-refractivity contribution in [1.82, 2.24) is 5.32 Å². The van der Waals surface area contributed by atoms with E-state index in [9.17, 15) is 0 Å². The van der Waals surface area contributed by atoms with Crippen LogP contribution < -0.4 is 5.32 Å². The Kier molecular flexibility index (Phi) is 3.96. The summed E-state index contributed by atoms with van der Waals surface area (Å²) >= 11 is 0. The average molecular weight is 257 g/mol. The largest absolute Gasteiger partial charge is 0.460 e. The van der Waals surface area contributed by atoms with Crippen molar-refractivity contribution in [1.29, 1.82) is 0 Å². The molecule has 100 valence electrons. The Morgan fingerprint density at radius 2 is 2.00 bits per heavy atom. The molecule has 19 heavy (non-hydrogen) atoms. The summed E-state index contributed by atoms with van der Waals surface area (Å²) in [6.45, 7) is 2.57. The monoisotopic (exact) mass is 257 g/mol. The quantitative estimate of drug-likeness (QED) is 0.893. The SMILES string of the molecule is c1ccc(-c2ccc(CNC[C@@H]3CCCO3)o2)cc1. The third kappa shape index (κ3) is 3.25. The minimum Gasteiger partial charge on any atom is -0.460 e. The van der Waals surface area contributed by atoms with Crippen molar-refractivity contribution in [2.45, 2.75) is 25.5 Å². The zero-order valence-electron chi connectivity index (χ0n) is 11.0. The molecule has 3 rings (SSSR count). The van der Waals surface area contributed by atoms with Gasteiger partial charge in [-0.05, 0) is 25.0 Å². The van der Waals surface area contributed by atoms with E-state index in [0.717, 1.165) is 36.8 Å². The zero-order valence-corrected chi connectivity index (χ0v) is 11.0. The second-order valence-electron chi connectivity index (χ2n) is 4.90. The summed E-state index contributed by atoms with van der Waals surface area (Å²) in [5, 5.41) is 3.39. The topological polar surface area (TPSA) is 34.4 Å². The predicted molar refractivity (Wildman–Crippen MR) is 74.8 cm³/mol. The fourth-order valence-electron chi connectivity index (χ4n) is 2.39. The van der Waals surface area contributed by atoms with Crippen LogP contribution in [0.3, 0.4) is 0 Å². The van der Waals surface area contributed by atoms with E-state index in [1.165, 1.54) is 12.8 Å². The number of rotatable bonds is 5. The number of ether oxygens (including phenoxy) is 1. The average Bonchev–Trinajstić information content (AvgIpc) is 3.11. The Hall–Kier alpha value is -1.58. The maximum absolute atomic E-state index is 5.83. The molecule has 1 aromatic carbocycles. The van der Waals surface area contributed by atoms with E-state index in [4.69, 9.17) is 9.15 Å². The maximum atomic E-state index is 5.83. The van der Waals surface area contributed by atoms with Crippen LogP contribution in [0.25, 0.3) is 11.3 Å². The van der Waals surface area contributed by atoms with Crippen molar-refractivity contribution in [3.63, 3.8) is 0 Å². The van der Waals surface area contributed by atoms with Crippen LogP contribution in [0.5, 0.6) is 0 Å². The Morgan fingerprint density at radius 1 is 1.11 bits per heavy atom. The van der Waals surface area contributed by atoms with Crippen LogP contribution >= 0.6 is 0 Å². The van der Waals surface area contributed by atoms with Crippen LogP contribution in [0.15, 0.2) is 46.9 Å². The summed E-state index contributed by atoms with van der Waals surface area (Å²) < 4.78 is 11.4. The standard InChI is InChI=1S/C16H19NO2/c1-2-5-13(6-3-1)16-9-8-15(19-16)12-17-11-14-7-4-10-18-14/h1-3,5-6,8-9,14,17H,4,7,10-12H2/t14-/m0/s1. The Balaban J connectivity index is 1.53. The van der Waals surface area contributed by atoms with Crippen LogP contribution in [0, 0.1) is 0 Å². The van der Waals surface area contributed by atoms with E-state index < -0.39 is 0 Å². The van der Waals surface area contributed by atoms with Crippen molar-refractivity contribution in [2.75, 3.05) is 13.2 Å². The normalized spacial score (nSPS) is 18.8. The number of hydrogen-bond donors (Lipinski definition) is 1. The van der Waals surface area contributed by atoms with Gasteiger partial charge in [0.2, 0.25) is 0 Å². The number of furan rings is 1. The minimum absolute atomic E-state index is 0.378. The molecule has 1 saturated heterocycles. The molecule has 1 atom stereocenters. The predicted octanol–water partition coefficient (Wildman–Crippen LogP) is 3.22. The first-order valence-corrected chi connectivity index (χ1v) is 6.88. The Bertz CT molecular complexity index is 500. The van der Waals surface area contributed by atoms with E-state index in [0.29, 0.717) is 6.10 Å². The lowest BCUT2D eigenvalue weighted by Crippen LogP contribution is -2.25. The summed E-state index contributed by atoms with van der Waals surface area (Å²) in [4.78, 5) is 0. The van der Waals surface area contributed by atoms with Crippen molar-refractivity contribution in [3.05, 3.63) is 48.2 Å². The number of hydrogen-bond acceptors (Lipinski definition) is 3. The third-order valence-electron chi connectivity index (χ3n) is 3.42. The molecule has 0 saturated carbocycles. The molecule has 0 unspecified atom stereocenters. The molecule has 0 aliphatic carbocycles. The molecular formula is C16H19NO2. The lowest BCUT2D eigenvalue weighted by Gasteiger charge is -2.09. The fourth-order valence-corrected chi connectivity index (χ4v) is 2.39. The summed E-state index contributed by atoms with van der Waals surface area (Å²) in [6, 6.07) is 14.2. The van der Waals surface area contributed by atoms with Gasteiger partial charge in [0.05, 0.1) is 12.6 Å². The first-order valence-electron chi connectivity index (χ1n) is 6.88. The van der Waals surface area contributed by atoms with E-state index in [1.807, 2.05) is 30.3 Å². The summed E-state index contributed by atoms with van der Waals surface area (Å²) in [5.41, 5.74) is 1.12. The first-order chi connectivity index (χ1) is 9.42. The van der Waals surface area contributed by atoms with Gasteiger partial charge in [0.1, 0.15) is 11.5 Å². The molecule has 1 aliphatic rings. The summed E-state index contributed by atoms with van der Waals surface area (Å²) in [6.07, 6.45) is 2.73. The maximum Gasteiger partial charge on any atom is 0.134 e. The van der Waals surface area contributed by atoms with E-state index in [1.54, 1.807) is 0 Å². The summed E-state index contributed by atoms with van der Waals surface area (Å²) in [5.74, 6) is 1.89. The molecule has 1 fully saturated rings. The molecule has 2 aromatic rings. The van der Waals surface area contributed by atoms with E-state index >= 15 is 0 Å². The molecule has 3 heteroatoms. The Morgan fingerprint density at radius 3 is 2.79 bits per heavy atom. The summed E-state index contributed by atoms with van der Waals surface area (Å²) in [7, 11) is 0. The van der Waals surface area contributed by atoms with Gasteiger partial charge in [0.25, 0.3) is 0 Å². The molecular weight excluding hydrogens is 238 g/mol. The molecule has 0 bridgehead atoms. The van der Waals surface area contributed by atoms with E-state index in [-0.39, 0.29) is 0 Å². The van der Waals surface area contributed by atoms with Gasteiger partial charge >= 0.3 is 0 Å². The van der Waals surface area contributed by atoms with Crippen LogP contribution in [0.2, 0.25) is 0 Å². The third-order valence-corrected chi connectivity index (χ3v) is 3.42. The zero-order chi connectivity index (χ0) is 12.9. The highest BCUT2D eigenvalue weighted by Gasteiger charge is 2.14. The second kappa shape index (κ2) is 6.04. The van der Waals surface area contributed by atoms with Crippen molar-refractivity contribution >= 4 is 0 Å². The molecule has 3 nitrogen and oxygen atoms in total. The second-order valence-corrected chi connectivity index (χ2v) is 4.90. The van der Waals surface area contributed by atoms with Gasteiger partial charge in [-0.25, -0.2) is 0 Å². The van der Waals surface area contributed by atoms with E-state index in [2.05, 4.69) is 17.4 Å². The van der Waals surface area contributed by atoms with Gasteiger partial charge < -0.3 is 14.5 Å². The lowest BCUT2D eigenvalue weighted by molar-refractivity contribution is 0.109. The van der Waals surface area contributed by atoms with Crippen molar-refractivity contribution in [3.8, 4) is 11.3 Å². The van der Waals surface area contributed by atoms with Gasteiger partial charge in [-0.3, -0.25) is 0 Å². The highest BCUT2D eigenvalue weighted by atomic mass is 16.5. The van der Waals surface area contributed by atoms with Crippen LogP contribution in [0.1, 0.15) is 18.6 Å². The molecule has 0 spiro atoms. The van der Waals surface area contributed by atoms with Crippen molar-refractivity contribution < 1.29 is 9.15 Å². The van der Waals surface area contributed by atoms with Gasteiger partial charge in [-0.15, -0.1) is 0 Å². The molecule has 1 aliphatic heterocycles. The van der Waals surface area contributed by atoms with Crippen molar-refractivity contribution in [2.24, 2.45) is 0 Å². The fraction of sp³-hybridized carbons (Fsp3) is 0.375. The number of benzene rings is 1. The first kappa shape index (κ1) is 12.5. The lowest BCUT2D eigenvalue weighted by atomic mass is 10.2. The van der Waals surface area contributed by atoms with Gasteiger partial charge in [0, 0.05) is 18.7 Å². The van der Waals surface area contributed by atoms with Gasteiger partial charge in [-0.2, -0.15) is 0 Å².